The lowest BCUT2D eigenvalue weighted by Crippen LogP contribution is -2.10. The van der Waals surface area contributed by atoms with Gasteiger partial charge in [-0.05, 0) is 36.4 Å². The highest BCUT2D eigenvalue weighted by molar-refractivity contribution is 7.99. The molecule has 0 aliphatic rings. The molecule has 6 nitrogen and oxygen atoms in total. The van der Waals surface area contributed by atoms with Crippen LogP contribution in [0.1, 0.15) is 5.82 Å². The van der Waals surface area contributed by atoms with Crippen molar-refractivity contribution in [3.8, 4) is 5.75 Å². The highest BCUT2D eigenvalue weighted by Gasteiger charge is 2.20. The number of rotatable bonds is 8. The number of sulfone groups is 1. The number of halogens is 1. The van der Waals surface area contributed by atoms with Gasteiger partial charge < -0.3 is 9.30 Å². The van der Waals surface area contributed by atoms with Crippen LogP contribution >= 0.6 is 23.4 Å². The summed E-state index contributed by atoms with van der Waals surface area (Å²) >= 11 is 7.29. The molecular weight excluding hydrogens is 406 g/mol. The Morgan fingerprint density at radius 1 is 1.07 bits per heavy atom. The second-order valence-corrected chi connectivity index (χ2v) is 9.17. The molecule has 0 amide bonds. The van der Waals surface area contributed by atoms with Crippen LogP contribution in [0.2, 0.25) is 5.02 Å². The number of aromatic nitrogens is 3. The Morgan fingerprint density at radius 2 is 1.78 bits per heavy atom. The quantitative estimate of drug-likeness (QED) is 0.407. The summed E-state index contributed by atoms with van der Waals surface area (Å²) in [6.45, 7) is 0.483. The summed E-state index contributed by atoms with van der Waals surface area (Å²) in [5.41, 5.74) is 0. The lowest BCUT2D eigenvalue weighted by molar-refractivity contribution is 0.344. The van der Waals surface area contributed by atoms with Crippen LogP contribution in [-0.2, 0) is 22.6 Å². The Kier molecular flexibility index (Phi) is 6.41. The van der Waals surface area contributed by atoms with E-state index in [4.69, 9.17) is 16.3 Å². The van der Waals surface area contributed by atoms with E-state index < -0.39 is 9.84 Å². The molecule has 0 unspecified atom stereocenters. The van der Waals surface area contributed by atoms with Crippen molar-refractivity contribution in [3.05, 3.63) is 65.4 Å². The fraction of sp³-hybridized carbons (Fsp3) is 0.222. The van der Waals surface area contributed by atoms with Crippen molar-refractivity contribution < 1.29 is 13.2 Å². The van der Waals surface area contributed by atoms with Gasteiger partial charge in [-0.3, -0.25) is 0 Å². The van der Waals surface area contributed by atoms with Gasteiger partial charge in [-0.25, -0.2) is 8.42 Å². The molecular formula is C18H18ClN3O3S2. The van der Waals surface area contributed by atoms with Crippen LogP contribution in [0.5, 0.6) is 5.75 Å². The Labute approximate surface area is 167 Å². The summed E-state index contributed by atoms with van der Waals surface area (Å²) in [4.78, 5) is 0.276. The highest BCUT2D eigenvalue weighted by atomic mass is 35.5. The zero-order valence-corrected chi connectivity index (χ0v) is 17.0. The average molecular weight is 424 g/mol. The first-order valence-electron chi connectivity index (χ1n) is 8.13. The minimum Gasteiger partial charge on any atom is -0.493 e. The first-order chi connectivity index (χ1) is 13.0. The molecule has 0 saturated heterocycles. The van der Waals surface area contributed by atoms with E-state index in [1.807, 2.05) is 12.1 Å². The Bertz CT molecular complexity index is 990. The van der Waals surface area contributed by atoms with Crippen LogP contribution in [0.4, 0.5) is 0 Å². The van der Waals surface area contributed by atoms with Gasteiger partial charge in [0.15, 0.2) is 15.0 Å². The Balaban J connectivity index is 1.56. The van der Waals surface area contributed by atoms with Crippen molar-refractivity contribution in [1.82, 2.24) is 14.8 Å². The maximum Gasteiger partial charge on any atom is 0.191 e. The first kappa shape index (κ1) is 19.7. The molecule has 0 fully saturated rings. The Hall–Kier alpha value is -2.03. The third-order valence-corrected chi connectivity index (χ3v) is 6.61. The number of hydrogen-bond acceptors (Lipinski definition) is 6. The molecule has 142 valence electrons. The molecule has 0 N–H and O–H groups in total. The van der Waals surface area contributed by atoms with E-state index >= 15 is 0 Å². The van der Waals surface area contributed by atoms with E-state index in [2.05, 4.69) is 10.2 Å². The van der Waals surface area contributed by atoms with Gasteiger partial charge >= 0.3 is 0 Å². The number of benzene rings is 2. The van der Waals surface area contributed by atoms with Gasteiger partial charge in [0.25, 0.3) is 0 Å². The molecule has 0 saturated carbocycles. The van der Waals surface area contributed by atoms with Crippen LogP contribution < -0.4 is 4.74 Å². The summed E-state index contributed by atoms with van der Waals surface area (Å²) in [7, 11) is -1.69. The zero-order chi connectivity index (χ0) is 19.3. The van der Waals surface area contributed by atoms with Crippen molar-refractivity contribution in [2.75, 3.05) is 12.4 Å². The molecule has 2 aromatic carbocycles. The van der Waals surface area contributed by atoms with Crippen LogP contribution in [0.15, 0.2) is 64.6 Å². The number of nitrogens with zero attached hydrogens (tertiary/aromatic N) is 3. The lowest BCUT2D eigenvalue weighted by Gasteiger charge is -2.07. The predicted octanol–water partition coefficient (Wildman–Crippen LogP) is 3.61. The third-order valence-electron chi connectivity index (χ3n) is 3.74. The molecule has 0 radical (unpaired) electrons. The van der Waals surface area contributed by atoms with Gasteiger partial charge in [-0.1, -0.05) is 41.6 Å². The minimum absolute atomic E-state index is 0.192. The standard InChI is InChI=1S/C18H18ClN3O3S2/c1-22-17(13-27(23,24)16-5-3-2-4-6-16)20-21-18(22)26-12-11-25-15-9-7-14(19)8-10-15/h2-10H,11-13H2,1H3. The molecule has 0 atom stereocenters. The van der Waals surface area contributed by atoms with Crippen molar-refractivity contribution in [2.45, 2.75) is 15.8 Å². The SMILES string of the molecule is Cn1c(CS(=O)(=O)c2ccccc2)nnc1SCCOc1ccc(Cl)cc1. The van der Waals surface area contributed by atoms with Crippen LogP contribution in [-0.4, -0.2) is 35.5 Å². The van der Waals surface area contributed by atoms with Gasteiger partial charge in [-0.15, -0.1) is 10.2 Å². The van der Waals surface area contributed by atoms with E-state index in [0.717, 1.165) is 5.75 Å². The maximum absolute atomic E-state index is 12.5. The van der Waals surface area contributed by atoms with Crippen LogP contribution in [0.25, 0.3) is 0 Å². The van der Waals surface area contributed by atoms with E-state index in [0.29, 0.717) is 28.4 Å². The van der Waals surface area contributed by atoms with Gasteiger partial charge in [0, 0.05) is 17.8 Å². The maximum atomic E-state index is 12.5. The molecule has 0 spiro atoms. The van der Waals surface area contributed by atoms with E-state index in [1.165, 1.54) is 11.8 Å². The van der Waals surface area contributed by atoms with Crippen LogP contribution in [0.3, 0.4) is 0 Å². The molecule has 27 heavy (non-hydrogen) atoms. The molecule has 3 rings (SSSR count). The fourth-order valence-corrected chi connectivity index (χ4v) is 4.50. The van der Waals surface area contributed by atoms with Crippen molar-refractivity contribution in [3.63, 3.8) is 0 Å². The average Bonchev–Trinajstić information content (AvgIpc) is 3.00. The molecule has 0 bridgehead atoms. The van der Waals surface area contributed by atoms with Gasteiger partial charge in [-0.2, -0.15) is 0 Å². The number of thioether (sulfide) groups is 1. The molecule has 1 aromatic heterocycles. The normalized spacial score (nSPS) is 11.5. The third kappa shape index (κ3) is 5.24. The highest BCUT2D eigenvalue weighted by Crippen LogP contribution is 2.20. The summed E-state index contributed by atoms with van der Waals surface area (Å²) in [5, 5.41) is 9.43. The predicted molar refractivity (Wildman–Crippen MR) is 106 cm³/mol. The molecule has 0 aliphatic heterocycles. The Morgan fingerprint density at radius 3 is 2.48 bits per heavy atom. The summed E-state index contributed by atoms with van der Waals surface area (Å²) in [6.07, 6.45) is 0. The van der Waals surface area contributed by atoms with Gasteiger partial charge in [0.1, 0.15) is 17.3 Å². The molecule has 9 heteroatoms. The fourth-order valence-electron chi connectivity index (χ4n) is 2.30. The van der Waals surface area contributed by atoms with Crippen molar-refractivity contribution in [2.24, 2.45) is 7.05 Å². The zero-order valence-electron chi connectivity index (χ0n) is 14.6. The van der Waals surface area contributed by atoms with Gasteiger partial charge in [0.2, 0.25) is 0 Å². The minimum atomic E-state index is -3.46. The second-order valence-electron chi connectivity index (χ2n) is 5.68. The van der Waals surface area contributed by atoms with E-state index in [9.17, 15) is 8.42 Å². The summed E-state index contributed by atoms with van der Waals surface area (Å²) < 4.78 is 32.3. The summed E-state index contributed by atoms with van der Waals surface area (Å²) in [5.74, 6) is 1.61. The number of hydrogen-bond donors (Lipinski definition) is 0. The molecule has 3 aromatic rings. The largest absolute Gasteiger partial charge is 0.493 e. The van der Waals surface area contributed by atoms with E-state index in [-0.39, 0.29) is 10.6 Å². The molecule has 0 aliphatic carbocycles. The first-order valence-corrected chi connectivity index (χ1v) is 11.1. The number of ether oxygens (including phenoxy) is 1. The molecule has 1 heterocycles. The second kappa shape index (κ2) is 8.77. The van der Waals surface area contributed by atoms with E-state index in [1.54, 1.807) is 54.1 Å². The van der Waals surface area contributed by atoms with Crippen molar-refractivity contribution in [1.29, 1.82) is 0 Å². The smallest absolute Gasteiger partial charge is 0.191 e. The lowest BCUT2D eigenvalue weighted by atomic mass is 10.3. The summed E-state index contributed by atoms with van der Waals surface area (Å²) in [6, 6.07) is 15.5. The van der Waals surface area contributed by atoms with Crippen molar-refractivity contribution >= 4 is 33.2 Å². The topological polar surface area (TPSA) is 74.1 Å². The van der Waals surface area contributed by atoms with Crippen LogP contribution in [0, 0.1) is 0 Å². The van der Waals surface area contributed by atoms with Gasteiger partial charge in [0.05, 0.1) is 11.5 Å². The monoisotopic (exact) mass is 423 g/mol.